The zero-order chi connectivity index (χ0) is 57.1. The summed E-state index contributed by atoms with van der Waals surface area (Å²) in [5.74, 6) is 2.97. The summed E-state index contributed by atoms with van der Waals surface area (Å²) in [4.78, 5) is 31.7. The van der Waals surface area contributed by atoms with Crippen molar-refractivity contribution in [2.45, 2.75) is 13.8 Å². The Labute approximate surface area is 493 Å². The number of hydrogen-bond acceptors (Lipinski definition) is 6. The topological polar surface area (TPSA) is 87.2 Å². The van der Waals surface area contributed by atoms with Gasteiger partial charge >= 0.3 is 0 Å². The summed E-state index contributed by atoms with van der Waals surface area (Å²) in [7, 11) is -1.37. The van der Waals surface area contributed by atoms with Crippen LogP contribution in [0.3, 0.4) is 0 Å². The second-order valence-electron chi connectivity index (χ2n) is 21.7. The molecule has 9 heteroatoms. The Bertz CT molecular complexity index is 5070. The van der Waals surface area contributed by atoms with E-state index in [9.17, 15) is 0 Å². The quantitative estimate of drug-likeness (QED) is 0.120. The van der Waals surface area contributed by atoms with Gasteiger partial charge in [0, 0.05) is 60.5 Å². The third kappa shape index (κ3) is 9.03. The second-order valence-corrected chi connectivity index (χ2v) is 23.7. The lowest BCUT2D eigenvalue weighted by atomic mass is 9.87. The van der Waals surface area contributed by atoms with E-state index < -0.39 is 7.55 Å². The molecule has 0 aliphatic carbocycles. The molecule has 4 aromatic heterocycles. The van der Waals surface area contributed by atoms with Gasteiger partial charge in [0.05, 0.1) is 33.4 Å². The molecule has 1 atom stereocenters. The SMILES string of the molecule is C=[PH](C)c1nc(-c2ccccc2)nc(-c2cccc(-c3ccccc3-c3ccccc3-c3cccc(-c4nc(-c5ccccc5)nc(-c5ccccc5)n4)c3-n3c4ccccc4c4cc(C)ccc43)c2-n2c3ccccc3c3cc(C)ccc32)n1. The summed E-state index contributed by atoms with van der Waals surface area (Å²) in [5.41, 5.74) is 20.0. The molecule has 0 bridgehead atoms. The predicted octanol–water partition coefficient (Wildman–Crippen LogP) is 18.1. The standard InChI is InChI=1S/C76H55N8P/c1-48-42-44-67-63(46-48)57-34-18-20-40-65(57)83(67)69-59(36-22-38-61(69)74-78-71(50-24-8-5-9-25-50)77-72(79-74)51-26-10-6-11-27-51)55-32-16-14-30-53(55)54-31-15-17-33-56(54)60-37-23-39-62(75-80-73(52-28-12-7-13-29-52)81-76(82-75)85(3)4)70(60)84-66-41-21-19-35-58(66)64-47-49(2)43-45-68(64)84/h5-47,85H,3H2,1-2,4H3. The molecular formula is C76H55N8P. The van der Waals surface area contributed by atoms with Crippen LogP contribution in [-0.2, 0) is 0 Å². The van der Waals surface area contributed by atoms with Crippen LogP contribution < -0.4 is 5.57 Å². The molecule has 0 saturated carbocycles. The molecule has 0 amide bonds. The summed E-state index contributed by atoms with van der Waals surface area (Å²) < 4.78 is 4.86. The van der Waals surface area contributed by atoms with Gasteiger partial charge in [0.1, 0.15) is 0 Å². The number of hydrogen-bond donors (Lipinski definition) is 0. The maximum Gasteiger partial charge on any atom is 0.166 e. The second kappa shape index (κ2) is 21.3. The van der Waals surface area contributed by atoms with Crippen molar-refractivity contribution in [2.75, 3.05) is 6.66 Å². The van der Waals surface area contributed by atoms with Crippen LogP contribution in [0.15, 0.2) is 261 Å². The van der Waals surface area contributed by atoms with Crippen LogP contribution >= 0.6 is 7.55 Å². The van der Waals surface area contributed by atoms with E-state index in [1.807, 2.05) is 54.6 Å². The fourth-order valence-electron chi connectivity index (χ4n) is 12.3. The van der Waals surface area contributed by atoms with Crippen LogP contribution in [-0.4, -0.2) is 52.0 Å². The Morgan fingerprint density at radius 1 is 0.282 bits per heavy atom. The van der Waals surface area contributed by atoms with Crippen molar-refractivity contribution in [1.82, 2.24) is 39.0 Å². The molecule has 0 N–H and O–H groups in total. The predicted molar refractivity (Wildman–Crippen MR) is 356 cm³/mol. The highest BCUT2D eigenvalue weighted by atomic mass is 31.1. The van der Waals surface area contributed by atoms with Gasteiger partial charge in [-0.05, 0) is 91.3 Å². The summed E-state index contributed by atoms with van der Waals surface area (Å²) in [5, 5.41) is 4.66. The van der Waals surface area contributed by atoms with Gasteiger partial charge < -0.3 is 9.13 Å². The number of benzene rings is 11. The molecule has 15 aromatic rings. The molecule has 1 unspecified atom stereocenters. The van der Waals surface area contributed by atoms with Crippen molar-refractivity contribution in [2.24, 2.45) is 0 Å². The highest BCUT2D eigenvalue weighted by molar-refractivity contribution is 7.62. The minimum Gasteiger partial charge on any atom is -0.308 e. The van der Waals surface area contributed by atoms with Crippen molar-refractivity contribution in [3.05, 3.63) is 272 Å². The van der Waals surface area contributed by atoms with Gasteiger partial charge in [-0.25, -0.2) is 29.9 Å². The summed E-state index contributed by atoms with van der Waals surface area (Å²) >= 11 is 0. The largest absolute Gasteiger partial charge is 0.308 e. The first-order chi connectivity index (χ1) is 41.8. The summed E-state index contributed by atoms with van der Waals surface area (Å²) in [6.45, 7) is 6.46. The van der Waals surface area contributed by atoms with Crippen molar-refractivity contribution < 1.29 is 0 Å². The molecule has 11 aromatic carbocycles. The molecule has 0 spiro atoms. The molecule has 0 aliphatic rings. The van der Waals surface area contributed by atoms with Crippen LogP contribution in [0, 0.1) is 13.8 Å². The Morgan fingerprint density at radius 3 is 1.01 bits per heavy atom. The number of rotatable bonds is 11. The van der Waals surface area contributed by atoms with Crippen LogP contribution in [0.2, 0.25) is 0 Å². The molecule has 0 radical (unpaired) electrons. The minimum absolute atomic E-state index is 0.565. The van der Waals surface area contributed by atoms with Crippen molar-refractivity contribution in [3.8, 4) is 102 Å². The van der Waals surface area contributed by atoms with Gasteiger partial charge in [0.15, 0.2) is 34.7 Å². The monoisotopic (exact) mass is 1110 g/mol. The van der Waals surface area contributed by atoms with Crippen molar-refractivity contribution in [3.63, 3.8) is 0 Å². The average molecular weight is 1110 g/mol. The first-order valence-corrected chi connectivity index (χ1v) is 30.8. The Morgan fingerprint density at radius 2 is 0.588 bits per heavy atom. The van der Waals surface area contributed by atoms with Gasteiger partial charge in [0.2, 0.25) is 0 Å². The van der Waals surface area contributed by atoms with E-state index in [1.165, 1.54) is 21.9 Å². The van der Waals surface area contributed by atoms with Crippen LogP contribution in [0.5, 0.6) is 0 Å². The van der Waals surface area contributed by atoms with Crippen LogP contribution in [0.1, 0.15) is 11.1 Å². The highest BCUT2D eigenvalue weighted by Crippen LogP contribution is 2.48. The number of para-hydroxylation sites is 4. The van der Waals surface area contributed by atoms with E-state index in [2.05, 4.69) is 242 Å². The zero-order valence-corrected chi connectivity index (χ0v) is 48.1. The molecule has 4 heterocycles. The van der Waals surface area contributed by atoms with E-state index in [4.69, 9.17) is 29.9 Å². The van der Waals surface area contributed by atoms with E-state index in [0.29, 0.717) is 29.1 Å². The smallest absolute Gasteiger partial charge is 0.166 e. The zero-order valence-electron chi connectivity index (χ0n) is 47.1. The average Bonchev–Trinajstić information content (AvgIpc) is 1.89. The van der Waals surface area contributed by atoms with Gasteiger partial charge in [-0.1, -0.05) is 237 Å². The van der Waals surface area contributed by atoms with Crippen molar-refractivity contribution >= 4 is 63.0 Å². The van der Waals surface area contributed by atoms with Gasteiger partial charge in [-0.15, -0.1) is 0 Å². The summed E-state index contributed by atoms with van der Waals surface area (Å²) in [6.07, 6.45) is 4.53. The van der Waals surface area contributed by atoms with E-state index in [-0.39, 0.29) is 0 Å². The molecule has 85 heavy (non-hydrogen) atoms. The molecule has 0 saturated heterocycles. The minimum atomic E-state index is -1.37. The maximum atomic E-state index is 5.41. The molecule has 8 nitrogen and oxygen atoms in total. The number of aryl methyl sites for hydroxylation is 2. The van der Waals surface area contributed by atoms with Gasteiger partial charge in [0.25, 0.3) is 0 Å². The third-order valence-electron chi connectivity index (χ3n) is 16.1. The lowest BCUT2D eigenvalue weighted by Crippen LogP contribution is -2.14. The van der Waals surface area contributed by atoms with E-state index in [1.54, 1.807) is 0 Å². The Hall–Kier alpha value is -10.7. The highest BCUT2D eigenvalue weighted by Gasteiger charge is 2.27. The summed E-state index contributed by atoms with van der Waals surface area (Å²) in [6, 6.07) is 92.4. The van der Waals surface area contributed by atoms with Crippen LogP contribution in [0.4, 0.5) is 0 Å². The number of aromatic nitrogens is 8. The first kappa shape index (κ1) is 51.2. The van der Waals surface area contributed by atoms with Gasteiger partial charge in [-0.3, -0.25) is 0 Å². The Kier molecular flexibility index (Phi) is 12.8. The Balaban J connectivity index is 1.02. The molecule has 15 rings (SSSR count). The molecule has 0 aliphatic heterocycles. The molecule has 404 valence electrons. The van der Waals surface area contributed by atoms with E-state index in [0.717, 1.165) is 111 Å². The third-order valence-corrected chi connectivity index (χ3v) is 17.1. The first-order valence-electron chi connectivity index (χ1n) is 28.6. The number of fused-ring (bicyclic) bond motifs is 6. The van der Waals surface area contributed by atoms with Crippen LogP contribution in [0.25, 0.3) is 145 Å². The van der Waals surface area contributed by atoms with E-state index >= 15 is 0 Å². The van der Waals surface area contributed by atoms with Gasteiger partial charge in [-0.2, -0.15) is 0 Å². The maximum absolute atomic E-state index is 5.41. The fraction of sp³-hybridized carbons (Fsp3) is 0.0395. The lowest BCUT2D eigenvalue weighted by Gasteiger charge is -2.23. The molecular weight excluding hydrogens is 1060 g/mol. The lowest BCUT2D eigenvalue weighted by molar-refractivity contribution is 1.06. The normalized spacial score (nSPS) is 11.9. The number of nitrogens with zero attached hydrogens (tertiary/aromatic N) is 8. The van der Waals surface area contributed by atoms with Crippen molar-refractivity contribution in [1.29, 1.82) is 0 Å². The fourth-order valence-corrected chi connectivity index (χ4v) is 12.9. The molecule has 0 fully saturated rings.